The predicted octanol–water partition coefficient (Wildman–Crippen LogP) is -4.69. The Labute approximate surface area is 133 Å². The van der Waals surface area contributed by atoms with E-state index in [1.165, 1.54) is 6.92 Å². The van der Waals surface area contributed by atoms with E-state index in [9.17, 15) is 25.5 Å². The van der Waals surface area contributed by atoms with Crippen molar-refractivity contribution in [3.63, 3.8) is 0 Å². The first-order valence-corrected chi connectivity index (χ1v) is 7.63. The molecule has 10 heteroatoms. The molecule has 2 aliphatic rings. The van der Waals surface area contributed by atoms with Gasteiger partial charge in [0.2, 0.25) is 0 Å². The van der Waals surface area contributed by atoms with Crippen molar-refractivity contribution < 1.29 is 35.0 Å². The lowest BCUT2D eigenvalue weighted by molar-refractivity contribution is -0.301. The van der Waals surface area contributed by atoms with Crippen LogP contribution in [0.15, 0.2) is 0 Å². The molecular weight excluding hydrogens is 310 g/mol. The van der Waals surface area contributed by atoms with Crippen LogP contribution >= 0.6 is 0 Å². The van der Waals surface area contributed by atoms with Gasteiger partial charge in [0.15, 0.2) is 6.29 Å². The molecule has 11 N–H and O–H groups in total. The Morgan fingerprint density at radius 1 is 0.957 bits per heavy atom. The molecule has 11 atom stereocenters. The Balaban J connectivity index is 2.11. The van der Waals surface area contributed by atoms with E-state index >= 15 is 0 Å². The number of ether oxygens (including phenoxy) is 2. The lowest BCUT2D eigenvalue weighted by Crippen LogP contribution is -2.67. The van der Waals surface area contributed by atoms with Crippen molar-refractivity contribution in [2.45, 2.75) is 80.5 Å². The van der Waals surface area contributed by atoms with Crippen LogP contribution in [0.25, 0.3) is 0 Å². The van der Waals surface area contributed by atoms with Gasteiger partial charge in [0, 0.05) is 12.1 Å². The molecule has 1 heterocycles. The maximum absolute atomic E-state index is 10.1. The summed E-state index contributed by atoms with van der Waals surface area (Å²) < 4.78 is 11.0. The number of aliphatic hydroxyl groups is 5. The molecule has 4 unspecified atom stereocenters. The molecule has 0 aromatic heterocycles. The monoisotopic (exact) mass is 337 g/mol. The zero-order valence-electron chi connectivity index (χ0n) is 12.8. The average molecular weight is 337 g/mol. The molecule has 0 spiro atoms. The van der Waals surface area contributed by atoms with Gasteiger partial charge in [-0.1, -0.05) is 0 Å². The number of rotatable bonds is 3. The third-order valence-electron chi connectivity index (χ3n) is 4.54. The Morgan fingerprint density at radius 3 is 2.13 bits per heavy atom. The molecular formula is C13H27N3O7. The smallest absolute Gasteiger partial charge is 0.176 e. The fourth-order valence-corrected chi connectivity index (χ4v) is 3.06. The molecule has 1 saturated heterocycles. The largest absolute Gasteiger partial charge is 0.391 e. The minimum absolute atomic E-state index is 0.218. The van der Waals surface area contributed by atoms with E-state index in [2.05, 4.69) is 0 Å². The van der Waals surface area contributed by atoms with E-state index in [0.717, 1.165) is 0 Å². The molecule has 10 nitrogen and oxygen atoms in total. The molecule has 0 aromatic rings. The van der Waals surface area contributed by atoms with E-state index < -0.39 is 67.1 Å². The second-order valence-corrected chi connectivity index (χ2v) is 6.41. The number of hydrogen-bond donors (Lipinski definition) is 8. The van der Waals surface area contributed by atoms with Crippen LogP contribution < -0.4 is 17.2 Å². The van der Waals surface area contributed by atoms with Crippen LogP contribution in [0.1, 0.15) is 13.3 Å². The van der Waals surface area contributed by atoms with E-state index in [-0.39, 0.29) is 6.42 Å². The second-order valence-electron chi connectivity index (χ2n) is 6.41. The van der Waals surface area contributed by atoms with Crippen molar-refractivity contribution in [1.82, 2.24) is 0 Å². The van der Waals surface area contributed by atoms with Crippen LogP contribution in [0.5, 0.6) is 0 Å². The van der Waals surface area contributed by atoms with Crippen LogP contribution in [-0.4, -0.2) is 92.7 Å². The van der Waals surface area contributed by atoms with Crippen molar-refractivity contribution >= 4 is 0 Å². The first-order chi connectivity index (χ1) is 10.6. The summed E-state index contributed by atoms with van der Waals surface area (Å²) in [6.07, 6.45) is -9.55. The minimum Gasteiger partial charge on any atom is -0.391 e. The molecule has 2 fully saturated rings. The first kappa shape index (κ1) is 18.9. The summed E-state index contributed by atoms with van der Waals surface area (Å²) in [5.74, 6) is 0. The van der Waals surface area contributed by atoms with Crippen LogP contribution in [0, 0.1) is 0 Å². The highest BCUT2D eigenvalue weighted by atomic mass is 16.7. The second kappa shape index (κ2) is 7.23. The van der Waals surface area contributed by atoms with Gasteiger partial charge in [-0.05, 0) is 13.3 Å². The highest BCUT2D eigenvalue weighted by Crippen LogP contribution is 2.28. The fourth-order valence-electron chi connectivity index (χ4n) is 3.06. The topological polar surface area (TPSA) is 198 Å². The summed E-state index contributed by atoms with van der Waals surface area (Å²) in [5.41, 5.74) is 17.4. The van der Waals surface area contributed by atoms with Crippen molar-refractivity contribution in [2.75, 3.05) is 0 Å². The molecule has 0 radical (unpaired) electrons. The highest BCUT2D eigenvalue weighted by molar-refractivity contribution is 4.99. The summed E-state index contributed by atoms with van der Waals surface area (Å²) in [7, 11) is 0. The molecule has 1 aliphatic carbocycles. The standard InChI is InChI=1S/C13H27N3O7/c1-3(17)11-10(21)8(19)6(16)13(22-11)23-12-5(15)2-4(14)7(18)9(12)20/h3-13,17-21H,2,14-16H2,1H3/t3-,4-,5?,6?,7-,8-,9?,10+,11?,12-,13-/m1/s1. The number of nitrogens with two attached hydrogens (primary N) is 3. The average Bonchev–Trinajstić information content (AvgIpc) is 2.48. The maximum Gasteiger partial charge on any atom is 0.176 e. The van der Waals surface area contributed by atoms with Crippen LogP contribution in [0.4, 0.5) is 0 Å². The fraction of sp³-hybridized carbons (Fsp3) is 1.00. The normalized spacial score (nSPS) is 53.1. The van der Waals surface area contributed by atoms with Gasteiger partial charge in [0.25, 0.3) is 0 Å². The lowest BCUT2D eigenvalue weighted by Gasteiger charge is -2.46. The maximum atomic E-state index is 10.1. The van der Waals surface area contributed by atoms with Gasteiger partial charge in [0.05, 0.1) is 18.2 Å². The molecule has 136 valence electrons. The Kier molecular flexibility index (Phi) is 5.95. The Morgan fingerprint density at radius 2 is 1.57 bits per heavy atom. The van der Waals surface area contributed by atoms with E-state index in [1.807, 2.05) is 0 Å². The molecule has 0 bridgehead atoms. The number of aliphatic hydroxyl groups excluding tert-OH is 5. The summed E-state index contributed by atoms with van der Waals surface area (Å²) in [6.45, 7) is 1.39. The van der Waals surface area contributed by atoms with Gasteiger partial charge in [-0.25, -0.2) is 0 Å². The van der Waals surface area contributed by atoms with E-state index in [0.29, 0.717) is 0 Å². The molecule has 0 amide bonds. The Hall–Kier alpha value is -0.400. The van der Waals surface area contributed by atoms with E-state index in [4.69, 9.17) is 26.7 Å². The third kappa shape index (κ3) is 3.66. The summed E-state index contributed by atoms with van der Waals surface area (Å²) in [5, 5.41) is 49.4. The predicted molar refractivity (Wildman–Crippen MR) is 77.8 cm³/mol. The molecule has 2 rings (SSSR count). The van der Waals surface area contributed by atoms with Gasteiger partial charge in [-0.15, -0.1) is 0 Å². The van der Waals surface area contributed by atoms with Crippen LogP contribution in [0.2, 0.25) is 0 Å². The first-order valence-electron chi connectivity index (χ1n) is 7.63. The van der Waals surface area contributed by atoms with Gasteiger partial charge in [0.1, 0.15) is 30.5 Å². The zero-order valence-corrected chi connectivity index (χ0v) is 12.8. The summed E-state index contributed by atoms with van der Waals surface area (Å²) in [6, 6.07) is -2.47. The van der Waals surface area contributed by atoms with Crippen LogP contribution in [0.3, 0.4) is 0 Å². The molecule has 0 aromatic carbocycles. The molecule has 1 aliphatic heterocycles. The number of hydrogen-bond acceptors (Lipinski definition) is 10. The van der Waals surface area contributed by atoms with Gasteiger partial charge in [-0.3, -0.25) is 0 Å². The zero-order chi connectivity index (χ0) is 17.5. The van der Waals surface area contributed by atoms with Crippen LogP contribution in [-0.2, 0) is 9.47 Å². The van der Waals surface area contributed by atoms with Crippen molar-refractivity contribution in [2.24, 2.45) is 17.2 Å². The van der Waals surface area contributed by atoms with Crippen molar-refractivity contribution in [3.8, 4) is 0 Å². The Bertz CT molecular complexity index is 402. The summed E-state index contributed by atoms with van der Waals surface area (Å²) in [4.78, 5) is 0. The van der Waals surface area contributed by atoms with E-state index in [1.54, 1.807) is 0 Å². The van der Waals surface area contributed by atoms with Gasteiger partial charge in [-0.2, -0.15) is 0 Å². The van der Waals surface area contributed by atoms with Gasteiger partial charge >= 0.3 is 0 Å². The molecule has 1 saturated carbocycles. The van der Waals surface area contributed by atoms with Crippen molar-refractivity contribution in [3.05, 3.63) is 0 Å². The van der Waals surface area contributed by atoms with Crippen molar-refractivity contribution in [1.29, 1.82) is 0 Å². The SMILES string of the molecule is C[C@@H](O)C1O[C@H](O[C@@H]2C(N)C[C@@H](N)[C@@H](O)C2O)C(N)[C@@H](O)[C@@H]1O. The quantitative estimate of drug-likeness (QED) is 0.247. The highest BCUT2D eigenvalue weighted by Gasteiger charge is 2.49. The lowest BCUT2D eigenvalue weighted by atomic mass is 9.84. The third-order valence-corrected chi connectivity index (χ3v) is 4.54. The summed E-state index contributed by atoms with van der Waals surface area (Å²) >= 11 is 0. The molecule has 23 heavy (non-hydrogen) atoms. The van der Waals surface area contributed by atoms with Gasteiger partial charge < -0.3 is 52.2 Å². The minimum atomic E-state index is -1.39.